The first-order valence-electron chi connectivity index (χ1n) is 5.33. The minimum Gasteiger partial charge on any atom is -0.353 e. The molecule has 0 bridgehead atoms. The van der Waals surface area contributed by atoms with E-state index in [1.165, 1.54) is 4.88 Å². The number of anilines is 1. The molecule has 0 saturated carbocycles. The van der Waals surface area contributed by atoms with E-state index < -0.39 is 5.82 Å². The topological polar surface area (TPSA) is 37.8 Å². The first-order valence-corrected chi connectivity index (χ1v) is 6.21. The monoisotopic (exact) mass is 251 g/mol. The molecule has 2 heterocycles. The molecule has 1 N–H and O–H groups in total. The summed E-state index contributed by atoms with van der Waals surface area (Å²) in [4.78, 5) is 9.04. The molecule has 0 unspecified atom stereocenters. The average molecular weight is 251 g/mol. The summed E-state index contributed by atoms with van der Waals surface area (Å²) in [6, 6.07) is 4.15. The Labute approximate surface area is 104 Å². The van der Waals surface area contributed by atoms with Crippen molar-refractivity contribution in [1.29, 1.82) is 0 Å². The SMILES string of the molecule is CC(C)(CNc1ncc(F)cn1)c1cccs1. The van der Waals surface area contributed by atoms with Crippen molar-refractivity contribution >= 4 is 17.3 Å². The number of thiophene rings is 1. The molecule has 0 aliphatic heterocycles. The number of halogens is 1. The minimum atomic E-state index is -0.423. The zero-order chi connectivity index (χ0) is 12.3. The van der Waals surface area contributed by atoms with Crippen LogP contribution >= 0.6 is 11.3 Å². The van der Waals surface area contributed by atoms with Crippen LogP contribution in [0.5, 0.6) is 0 Å². The standard InChI is InChI=1S/C12H14FN3S/c1-12(2,10-4-3-5-17-10)8-16-11-14-6-9(13)7-15-11/h3-7H,8H2,1-2H3,(H,14,15,16). The average Bonchev–Trinajstić information content (AvgIpc) is 2.82. The van der Waals surface area contributed by atoms with Crippen molar-refractivity contribution in [3.8, 4) is 0 Å². The van der Waals surface area contributed by atoms with Gasteiger partial charge in [0.05, 0.1) is 12.4 Å². The summed E-state index contributed by atoms with van der Waals surface area (Å²) in [6.45, 7) is 5.00. The van der Waals surface area contributed by atoms with Gasteiger partial charge in [-0.05, 0) is 11.4 Å². The molecule has 90 valence electrons. The van der Waals surface area contributed by atoms with Crippen molar-refractivity contribution in [1.82, 2.24) is 9.97 Å². The predicted octanol–water partition coefficient (Wildman–Crippen LogP) is 3.07. The van der Waals surface area contributed by atoms with Gasteiger partial charge < -0.3 is 5.32 Å². The fourth-order valence-corrected chi connectivity index (χ4v) is 2.31. The highest BCUT2D eigenvalue weighted by Crippen LogP contribution is 2.27. The zero-order valence-electron chi connectivity index (χ0n) is 9.77. The number of hydrogen-bond donors (Lipinski definition) is 1. The maximum Gasteiger partial charge on any atom is 0.222 e. The largest absolute Gasteiger partial charge is 0.353 e. The number of hydrogen-bond acceptors (Lipinski definition) is 4. The number of aromatic nitrogens is 2. The smallest absolute Gasteiger partial charge is 0.222 e. The first-order chi connectivity index (χ1) is 8.08. The van der Waals surface area contributed by atoms with Crippen LogP contribution in [0.2, 0.25) is 0 Å². The number of nitrogens with one attached hydrogen (secondary N) is 1. The van der Waals surface area contributed by atoms with Gasteiger partial charge in [0.1, 0.15) is 0 Å². The summed E-state index contributed by atoms with van der Waals surface area (Å²) in [5.74, 6) is 0.0316. The van der Waals surface area contributed by atoms with Gasteiger partial charge in [0, 0.05) is 16.8 Å². The van der Waals surface area contributed by atoms with E-state index in [0.717, 1.165) is 12.4 Å². The van der Waals surface area contributed by atoms with Crippen LogP contribution in [-0.4, -0.2) is 16.5 Å². The lowest BCUT2D eigenvalue weighted by Crippen LogP contribution is -2.27. The van der Waals surface area contributed by atoms with Gasteiger partial charge in [0.15, 0.2) is 5.82 Å². The molecule has 0 aliphatic rings. The van der Waals surface area contributed by atoms with E-state index in [1.807, 2.05) is 6.07 Å². The fraction of sp³-hybridized carbons (Fsp3) is 0.333. The number of rotatable bonds is 4. The fourth-order valence-electron chi connectivity index (χ4n) is 1.45. The Hall–Kier alpha value is -1.49. The Balaban J connectivity index is 2.00. The van der Waals surface area contributed by atoms with Gasteiger partial charge in [0.25, 0.3) is 0 Å². The molecule has 2 aromatic rings. The van der Waals surface area contributed by atoms with Crippen LogP contribution < -0.4 is 5.32 Å². The molecule has 0 atom stereocenters. The Morgan fingerprint density at radius 1 is 1.35 bits per heavy atom. The van der Waals surface area contributed by atoms with Crippen LogP contribution in [0.25, 0.3) is 0 Å². The minimum absolute atomic E-state index is 0.00587. The van der Waals surface area contributed by atoms with Crippen LogP contribution in [0, 0.1) is 5.82 Å². The van der Waals surface area contributed by atoms with Crippen molar-refractivity contribution in [3.05, 3.63) is 40.6 Å². The van der Waals surface area contributed by atoms with E-state index in [4.69, 9.17) is 0 Å². The summed E-state index contributed by atoms with van der Waals surface area (Å²) in [7, 11) is 0. The van der Waals surface area contributed by atoms with Gasteiger partial charge in [-0.15, -0.1) is 11.3 Å². The highest BCUT2D eigenvalue weighted by atomic mass is 32.1. The van der Waals surface area contributed by atoms with Crippen LogP contribution in [0.1, 0.15) is 18.7 Å². The van der Waals surface area contributed by atoms with Crippen molar-refractivity contribution < 1.29 is 4.39 Å². The molecule has 2 rings (SSSR count). The summed E-state index contributed by atoms with van der Waals surface area (Å²) in [5.41, 5.74) is 0.00587. The molecule has 0 saturated heterocycles. The molecule has 17 heavy (non-hydrogen) atoms. The maximum atomic E-state index is 12.6. The van der Waals surface area contributed by atoms with Crippen molar-refractivity contribution in [3.63, 3.8) is 0 Å². The second-order valence-electron chi connectivity index (χ2n) is 4.44. The van der Waals surface area contributed by atoms with Gasteiger partial charge in [-0.3, -0.25) is 0 Å². The normalized spacial score (nSPS) is 11.5. The third-order valence-corrected chi connectivity index (χ3v) is 3.73. The van der Waals surface area contributed by atoms with E-state index in [-0.39, 0.29) is 5.41 Å². The third kappa shape index (κ3) is 3.00. The zero-order valence-corrected chi connectivity index (χ0v) is 10.6. The molecule has 0 fully saturated rings. The summed E-state index contributed by atoms with van der Waals surface area (Å²) >= 11 is 1.73. The Kier molecular flexibility index (Phi) is 3.38. The lowest BCUT2D eigenvalue weighted by atomic mass is 9.91. The summed E-state index contributed by atoms with van der Waals surface area (Å²) in [6.07, 6.45) is 2.32. The molecule has 0 amide bonds. The predicted molar refractivity (Wildman–Crippen MR) is 67.8 cm³/mol. The van der Waals surface area contributed by atoms with Crippen molar-refractivity contribution in [2.24, 2.45) is 0 Å². The molecule has 5 heteroatoms. The quantitative estimate of drug-likeness (QED) is 0.907. The third-order valence-electron chi connectivity index (χ3n) is 2.50. The van der Waals surface area contributed by atoms with E-state index in [0.29, 0.717) is 12.5 Å². The lowest BCUT2D eigenvalue weighted by Gasteiger charge is -2.23. The van der Waals surface area contributed by atoms with E-state index in [2.05, 4.69) is 40.6 Å². The molecule has 0 radical (unpaired) electrons. The first kappa shape index (κ1) is 12.0. The Bertz CT molecular complexity index is 465. The summed E-state index contributed by atoms with van der Waals surface area (Å²) < 4.78 is 12.6. The highest BCUT2D eigenvalue weighted by molar-refractivity contribution is 7.10. The Morgan fingerprint density at radius 3 is 2.65 bits per heavy atom. The van der Waals surface area contributed by atoms with Crippen LogP contribution in [0.4, 0.5) is 10.3 Å². The van der Waals surface area contributed by atoms with Crippen molar-refractivity contribution in [2.75, 3.05) is 11.9 Å². The number of nitrogens with zero attached hydrogens (tertiary/aromatic N) is 2. The molecular formula is C12H14FN3S. The molecule has 0 spiro atoms. The van der Waals surface area contributed by atoms with Gasteiger partial charge in [-0.1, -0.05) is 19.9 Å². The van der Waals surface area contributed by atoms with Gasteiger partial charge in [-0.25, -0.2) is 14.4 Å². The molecule has 2 aromatic heterocycles. The van der Waals surface area contributed by atoms with Crippen LogP contribution in [0.3, 0.4) is 0 Å². The van der Waals surface area contributed by atoms with E-state index in [1.54, 1.807) is 11.3 Å². The van der Waals surface area contributed by atoms with E-state index in [9.17, 15) is 4.39 Å². The molecule has 0 aromatic carbocycles. The second-order valence-corrected chi connectivity index (χ2v) is 5.39. The van der Waals surface area contributed by atoms with Gasteiger partial charge in [-0.2, -0.15) is 0 Å². The molecule has 0 aliphatic carbocycles. The summed E-state index contributed by atoms with van der Waals surface area (Å²) in [5, 5.41) is 5.18. The van der Waals surface area contributed by atoms with Crippen LogP contribution in [0.15, 0.2) is 29.9 Å². The second kappa shape index (κ2) is 4.79. The van der Waals surface area contributed by atoms with E-state index >= 15 is 0 Å². The van der Waals surface area contributed by atoms with Gasteiger partial charge >= 0.3 is 0 Å². The molecule has 3 nitrogen and oxygen atoms in total. The molecular weight excluding hydrogens is 237 g/mol. The van der Waals surface area contributed by atoms with Gasteiger partial charge in [0.2, 0.25) is 5.95 Å². The Morgan fingerprint density at radius 2 is 2.06 bits per heavy atom. The van der Waals surface area contributed by atoms with Crippen LogP contribution in [-0.2, 0) is 5.41 Å². The lowest BCUT2D eigenvalue weighted by molar-refractivity contribution is 0.565. The maximum absolute atomic E-state index is 12.6. The highest BCUT2D eigenvalue weighted by Gasteiger charge is 2.21. The van der Waals surface area contributed by atoms with Crippen molar-refractivity contribution in [2.45, 2.75) is 19.3 Å².